The molecule has 32 heavy (non-hydrogen) atoms. The van der Waals surface area contributed by atoms with Crippen molar-refractivity contribution in [2.45, 2.75) is 26.3 Å². The lowest BCUT2D eigenvalue weighted by Gasteiger charge is -2.18. The third kappa shape index (κ3) is 4.89. The number of H-pyrrole nitrogens is 1. The van der Waals surface area contributed by atoms with Crippen molar-refractivity contribution in [3.63, 3.8) is 0 Å². The molecule has 3 heterocycles. The molecule has 11 heteroatoms. The Morgan fingerprint density at radius 2 is 1.97 bits per heavy atom. The highest BCUT2D eigenvalue weighted by molar-refractivity contribution is 5.99. The van der Waals surface area contributed by atoms with Crippen molar-refractivity contribution in [2.75, 3.05) is 10.6 Å². The zero-order valence-electron chi connectivity index (χ0n) is 17.6. The molecule has 4 aromatic rings. The fourth-order valence-electron chi connectivity index (χ4n) is 2.77. The molecule has 0 unspecified atom stereocenters. The number of carbonyl (C=O) groups is 1. The van der Waals surface area contributed by atoms with Crippen molar-refractivity contribution < 1.29 is 13.9 Å². The maximum atomic E-state index is 14.5. The normalized spacial score (nSPS) is 11.2. The molecule has 0 saturated carbocycles. The Kier molecular flexibility index (Phi) is 5.54. The minimum atomic E-state index is -0.646. The first-order chi connectivity index (χ1) is 15.3. The molecule has 10 nitrogen and oxygen atoms in total. The number of aromatic nitrogens is 6. The van der Waals surface area contributed by atoms with E-state index in [0.717, 1.165) is 0 Å². The van der Waals surface area contributed by atoms with E-state index in [2.05, 4.69) is 35.9 Å². The van der Waals surface area contributed by atoms with Crippen LogP contribution in [0.4, 0.5) is 20.6 Å². The minimum Gasteiger partial charge on any atom is -0.457 e. The summed E-state index contributed by atoms with van der Waals surface area (Å²) in [6, 6.07) is 6.84. The Bertz CT molecular complexity index is 1230. The second-order valence-electron chi connectivity index (χ2n) is 7.88. The number of benzene rings is 1. The Labute approximate surface area is 182 Å². The molecule has 0 bridgehead atoms. The van der Waals surface area contributed by atoms with Gasteiger partial charge in [0.1, 0.15) is 29.3 Å². The molecule has 0 aliphatic rings. The van der Waals surface area contributed by atoms with Crippen molar-refractivity contribution in [3.8, 4) is 23.0 Å². The van der Waals surface area contributed by atoms with Crippen LogP contribution in [0.15, 0.2) is 55.2 Å². The first-order valence-electron chi connectivity index (χ1n) is 9.71. The average Bonchev–Trinajstić information content (AvgIpc) is 3.42. The first-order valence-corrected chi connectivity index (χ1v) is 9.71. The number of anilines is 2. The van der Waals surface area contributed by atoms with Gasteiger partial charge < -0.3 is 20.4 Å². The number of halogens is 1. The molecular weight excluding hydrogens is 415 g/mol. The predicted molar refractivity (Wildman–Crippen MR) is 116 cm³/mol. The van der Waals surface area contributed by atoms with Crippen molar-refractivity contribution >= 4 is 17.4 Å². The number of hydrogen-bond donors (Lipinski definition) is 3. The van der Waals surface area contributed by atoms with E-state index in [1.54, 1.807) is 35.3 Å². The second kappa shape index (κ2) is 8.46. The summed E-state index contributed by atoms with van der Waals surface area (Å²) in [5, 5.41) is 16.9. The van der Waals surface area contributed by atoms with E-state index in [4.69, 9.17) is 4.74 Å². The lowest BCUT2D eigenvalue weighted by atomic mass is 10.1. The Morgan fingerprint density at radius 1 is 1.16 bits per heavy atom. The van der Waals surface area contributed by atoms with Gasteiger partial charge in [0, 0.05) is 24.5 Å². The van der Waals surface area contributed by atoms with Crippen LogP contribution in [0.2, 0.25) is 0 Å². The number of ether oxygens (including phenoxy) is 1. The maximum absolute atomic E-state index is 14.5. The van der Waals surface area contributed by atoms with Crippen molar-refractivity contribution in [3.05, 3.63) is 61.1 Å². The highest BCUT2D eigenvalue weighted by Gasteiger charge is 2.15. The van der Waals surface area contributed by atoms with Gasteiger partial charge in [0.25, 0.3) is 0 Å². The molecular formula is C21H21FN8O2. The quantitative estimate of drug-likeness (QED) is 0.426. The summed E-state index contributed by atoms with van der Waals surface area (Å²) >= 11 is 0. The van der Waals surface area contributed by atoms with Gasteiger partial charge in [0.2, 0.25) is 0 Å². The largest absolute Gasteiger partial charge is 0.457 e. The molecule has 1 aromatic carbocycles. The highest BCUT2D eigenvalue weighted by Crippen LogP contribution is 2.27. The molecule has 4 rings (SSSR count). The van der Waals surface area contributed by atoms with Gasteiger partial charge in [-0.2, -0.15) is 5.10 Å². The molecule has 3 aromatic heterocycles. The van der Waals surface area contributed by atoms with Gasteiger partial charge in [-0.3, -0.25) is 9.67 Å². The Balaban J connectivity index is 1.41. The van der Waals surface area contributed by atoms with Crippen molar-refractivity contribution in [1.29, 1.82) is 0 Å². The third-order valence-electron chi connectivity index (χ3n) is 4.34. The number of pyridine rings is 1. The summed E-state index contributed by atoms with van der Waals surface area (Å²) in [5.74, 6) is 0.544. The number of amides is 2. The van der Waals surface area contributed by atoms with Crippen LogP contribution >= 0.6 is 0 Å². The molecule has 0 aliphatic heterocycles. The van der Waals surface area contributed by atoms with Gasteiger partial charge in [-0.1, -0.05) is 0 Å². The molecule has 0 aliphatic carbocycles. The van der Waals surface area contributed by atoms with Crippen LogP contribution in [0.5, 0.6) is 11.5 Å². The maximum Gasteiger partial charge on any atom is 0.323 e. The highest BCUT2D eigenvalue weighted by atomic mass is 19.1. The van der Waals surface area contributed by atoms with Gasteiger partial charge in [-0.05, 0) is 39.0 Å². The lowest BCUT2D eigenvalue weighted by molar-refractivity contribution is 0.262. The zero-order valence-corrected chi connectivity index (χ0v) is 17.6. The SMILES string of the molecule is CC(C)(C)n1cc(NC(=O)Nc2ccc(Oc3ccnc(-c4nnc[nH]4)c3)cc2F)cn1. The Hall–Kier alpha value is -4.28. The number of urea groups is 1. The van der Waals surface area contributed by atoms with Crippen molar-refractivity contribution in [1.82, 2.24) is 29.9 Å². The van der Waals surface area contributed by atoms with E-state index in [9.17, 15) is 9.18 Å². The number of nitrogens with zero attached hydrogens (tertiary/aromatic N) is 5. The molecule has 0 saturated heterocycles. The smallest absolute Gasteiger partial charge is 0.323 e. The van der Waals surface area contributed by atoms with Crippen LogP contribution in [0.3, 0.4) is 0 Å². The van der Waals surface area contributed by atoms with Gasteiger partial charge in [-0.15, -0.1) is 10.2 Å². The average molecular weight is 436 g/mol. The third-order valence-corrected chi connectivity index (χ3v) is 4.34. The summed E-state index contributed by atoms with van der Waals surface area (Å²) < 4.78 is 22.0. The lowest BCUT2D eigenvalue weighted by Crippen LogP contribution is -2.22. The van der Waals surface area contributed by atoms with Gasteiger partial charge in [-0.25, -0.2) is 9.18 Å². The van der Waals surface area contributed by atoms with E-state index < -0.39 is 11.8 Å². The summed E-state index contributed by atoms with van der Waals surface area (Å²) in [5.41, 5.74) is 0.821. The number of carbonyl (C=O) groups excluding carboxylic acids is 1. The molecule has 0 spiro atoms. The van der Waals surface area contributed by atoms with E-state index in [1.165, 1.54) is 24.7 Å². The summed E-state index contributed by atoms with van der Waals surface area (Å²) in [7, 11) is 0. The molecule has 2 amide bonds. The first kappa shape index (κ1) is 21.0. The predicted octanol–water partition coefficient (Wildman–Crippen LogP) is 4.39. The fourth-order valence-corrected chi connectivity index (χ4v) is 2.77. The summed E-state index contributed by atoms with van der Waals surface area (Å²) in [4.78, 5) is 19.3. The van der Waals surface area contributed by atoms with E-state index in [1.807, 2.05) is 20.8 Å². The monoisotopic (exact) mass is 436 g/mol. The standard InChI is InChI=1S/C21H21FN8O2/c1-21(2,3)30-11-13(10-26-30)27-20(31)28-17-5-4-14(8-16(17)22)32-15-6-7-23-18(9-15)19-24-12-25-29-19/h4-12H,1-3H3,(H,24,25,29)(H2,27,28,31). The fraction of sp³-hybridized carbons (Fsp3) is 0.190. The second-order valence-corrected chi connectivity index (χ2v) is 7.88. The van der Waals surface area contributed by atoms with Crippen LogP contribution in [0.1, 0.15) is 20.8 Å². The van der Waals surface area contributed by atoms with E-state index >= 15 is 0 Å². The Morgan fingerprint density at radius 3 is 2.66 bits per heavy atom. The van der Waals surface area contributed by atoms with Crippen LogP contribution in [0, 0.1) is 5.82 Å². The molecule has 164 valence electrons. The zero-order chi connectivity index (χ0) is 22.7. The summed E-state index contributed by atoms with van der Waals surface area (Å²) in [6.45, 7) is 5.97. The molecule has 0 atom stereocenters. The van der Waals surface area contributed by atoms with Crippen LogP contribution in [0.25, 0.3) is 11.5 Å². The van der Waals surface area contributed by atoms with Crippen LogP contribution in [-0.2, 0) is 5.54 Å². The molecule has 0 fully saturated rings. The summed E-state index contributed by atoms with van der Waals surface area (Å²) in [6.07, 6.45) is 6.22. The van der Waals surface area contributed by atoms with Gasteiger partial charge >= 0.3 is 6.03 Å². The number of hydrogen-bond acceptors (Lipinski definition) is 6. The topological polar surface area (TPSA) is 123 Å². The molecule has 3 N–H and O–H groups in total. The minimum absolute atomic E-state index is 0.00939. The number of nitrogens with one attached hydrogen (secondary N) is 3. The van der Waals surface area contributed by atoms with E-state index in [-0.39, 0.29) is 17.0 Å². The number of rotatable bonds is 5. The molecule has 0 radical (unpaired) electrons. The van der Waals surface area contributed by atoms with Crippen molar-refractivity contribution in [2.24, 2.45) is 0 Å². The van der Waals surface area contributed by atoms with Crippen LogP contribution < -0.4 is 15.4 Å². The van der Waals surface area contributed by atoms with Gasteiger partial charge in [0.05, 0.1) is 23.1 Å². The number of aromatic amines is 1. The van der Waals surface area contributed by atoms with E-state index in [0.29, 0.717) is 23.0 Å². The van der Waals surface area contributed by atoms with Crippen LogP contribution in [-0.4, -0.2) is 36.0 Å². The van der Waals surface area contributed by atoms with Gasteiger partial charge in [0.15, 0.2) is 5.82 Å².